The smallest absolute Gasteiger partial charge is 0.0811 e. The predicted octanol–water partition coefficient (Wildman–Crippen LogP) is 1.42. The maximum atomic E-state index is 9.10. The molecule has 1 N–H and O–H groups in total. The Labute approximate surface area is 110 Å². The Morgan fingerprint density at radius 1 is 1.06 bits per heavy atom. The minimum absolute atomic E-state index is 0.0528. The van der Waals surface area contributed by atoms with Gasteiger partial charge in [-0.25, -0.2) is 0 Å². The first-order chi connectivity index (χ1) is 8.30. The van der Waals surface area contributed by atoms with Gasteiger partial charge in [0.15, 0.2) is 0 Å². The van der Waals surface area contributed by atoms with Gasteiger partial charge in [-0.3, -0.25) is 4.90 Å². The number of hydrogen-bond donors (Lipinski definition) is 1. The SMILES string of the molecule is CC1(C)CN(C[C@@H]2CC[C@H](CO)O2)CC(C)(C)O1. The van der Waals surface area contributed by atoms with Crippen LogP contribution < -0.4 is 0 Å². The maximum Gasteiger partial charge on any atom is 0.0811 e. The molecule has 0 radical (unpaired) electrons. The zero-order valence-electron chi connectivity index (χ0n) is 12.1. The van der Waals surface area contributed by atoms with E-state index in [1.165, 1.54) is 0 Å². The number of nitrogens with zero attached hydrogens (tertiary/aromatic N) is 1. The highest BCUT2D eigenvalue weighted by Gasteiger charge is 2.39. The normalized spacial score (nSPS) is 35.8. The van der Waals surface area contributed by atoms with Crippen molar-refractivity contribution < 1.29 is 14.6 Å². The number of aliphatic hydroxyl groups is 1. The van der Waals surface area contributed by atoms with E-state index in [0.717, 1.165) is 32.5 Å². The Balaban J connectivity index is 1.89. The van der Waals surface area contributed by atoms with Gasteiger partial charge in [-0.2, -0.15) is 0 Å². The molecule has 0 unspecified atom stereocenters. The maximum absolute atomic E-state index is 9.10. The molecule has 0 amide bonds. The summed E-state index contributed by atoms with van der Waals surface area (Å²) in [7, 11) is 0. The quantitative estimate of drug-likeness (QED) is 0.830. The first kappa shape index (κ1) is 14.3. The molecule has 2 atom stereocenters. The van der Waals surface area contributed by atoms with Crippen molar-refractivity contribution in [3.8, 4) is 0 Å². The Morgan fingerprint density at radius 3 is 2.11 bits per heavy atom. The average Bonchev–Trinajstić information content (AvgIpc) is 2.60. The minimum atomic E-state index is -0.100. The van der Waals surface area contributed by atoms with Crippen LogP contribution >= 0.6 is 0 Å². The van der Waals surface area contributed by atoms with Crippen molar-refractivity contribution in [3.05, 3.63) is 0 Å². The van der Waals surface area contributed by atoms with Crippen molar-refractivity contribution >= 4 is 0 Å². The second-order valence-electron chi connectivity index (χ2n) is 6.93. The molecule has 0 saturated carbocycles. The van der Waals surface area contributed by atoms with Crippen LogP contribution in [0, 0.1) is 0 Å². The predicted molar refractivity (Wildman–Crippen MR) is 70.7 cm³/mol. The fourth-order valence-electron chi connectivity index (χ4n) is 3.41. The Kier molecular flexibility index (Phi) is 4.02. The summed E-state index contributed by atoms with van der Waals surface area (Å²) in [5.41, 5.74) is -0.201. The van der Waals surface area contributed by atoms with Crippen LogP contribution in [0.1, 0.15) is 40.5 Å². The summed E-state index contributed by atoms with van der Waals surface area (Å²) in [6.45, 7) is 11.6. The van der Waals surface area contributed by atoms with Crippen LogP contribution in [-0.2, 0) is 9.47 Å². The Bertz CT molecular complexity index is 275. The zero-order chi connectivity index (χ0) is 13.4. The van der Waals surface area contributed by atoms with Crippen LogP contribution in [0.25, 0.3) is 0 Å². The number of aliphatic hydroxyl groups excluding tert-OH is 1. The number of rotatable bonds is 3. The third-order valence-corrected chi connectivity index (χ3v) is 3.62. The number of morpholine rings is 1. The molecule has 2 rings (SSSR count). The average molecular weight is 257 g/mol. The fourth-order valence-corrected chi connectivity index (χ4v) is 3.41. The van der Waals surface area contributed by atoms with Crippen molar-refractivity contribution in [1.29, 1.82) is 0 Å². The molecular weight excluding hydrogens is 230 g/mol. The van der Waals surface area contributed by atoms with Crippen LogP contribution in [0.3, 0.4) is 0 Å². The molecule has 0 aromatic carbocycles. The summed E-state index contributed by atoms with van der Waals surface area (Å²) in [4.78, 5) is 2.44. The molecule has 0 aliphatic carbocycles. The van der Waals surface area contributed by atoms with Crippen molar-refractivity contribution in [3.63, 3.8) is 0 Å². The highest BCUT2D eigenvalue weighted by molar-refractivity contribution is 4.90. The molecule has 4 heteroatoms. The molecule has 2 fully saturated rings. The molecule has 0 aromatic rings. The van der Waals surface area contributed by atoms with Crippen molar-refractivity contribution in [1.82, 2.24) is 4.90 Å². The van der Waals surface area contributed by atoms with Crippen molar-refractivity contribution in [2.24, 2.45) is 0 Å². The van der Waals surface area contributed by atoms with Gasteiger partial charge in [-0.15, -0.1) is 0 Å². The highest BCUT2D eigenvalue weighted by Crippen LogP contribution is 2.29. The van der Waals surface area contributed by atoms with E-state index in [2.05, 4.69) is 32.6 Å². The molecule has 2 heterocycles. The van der Waals surface area contributed by atoms with Crippen LogP contribution in [0.4, 0.5) is 0 Å². The van der Waals surface area contributed by atoms with Gasteiger partial charge in [0.25, 0.3) is 0 Å². The van der Waals surface area contributed by atoms with E-state index in [1.807, 2.05) is 0 Å². The second-order valence-corrected chi connectivity index (χ2v) is 6.93. The minimum Gasteiger partial charge on any atom is -0.394 e. The molecule has 2 aliphatic heterocycles. The lowest BCUT2D eigenvalue weighted by atomic mass is 9.98. The van der Waals surface area contributed by atoms with Gasteiger partial charge >= 0.3 is 0 Å². The third kappa shape index (κ3) is 3.67. The van der Waals surface area contributed by atoms with E-state index in [9.17, 15) is 0 Å². The molecule has 18 heavy (non-hydrogen) atoms. The lowest BCUT2D eigenvalue weighted by Gasteiger charge is -2.47. The first-order valence-corrected chi connectivity index (χ1v) is 6.98. The third-order valence-electron chi connectivity index (χ3n) is 3.62. The Morgan fingerprint density at radius 2 is 1.61 bits per heavy atom. The van der Waals surface area contributed by atoms with Gasteiger partial charge < -0.3 is 14.6 Å². The lowest BCUT2D eigenvalue weighted by molar-refractivity contribution is -0.184. The monoisotopic (exact) mass is 257 g/mol. The van der Waals surface area contributed by atoms with Crippen LogP contribution in [0.15, 0.2) is 0 Å². The summed E-state index contributed by atoms with van der Waals surface area (Å²) in [6, 6.07) is 0. The van der Waals surface area contributed by atoms with Crippen molar-refractivity contribution in [2.75, 3.05) is 26.2 Å². The first-order valence-electron chi connectivity index (χ1n) is 6.98. The van der Waals surface area contributed by atoms with Gasteiger partial charge in [0.05, 0.1) is 30.0 Å². The molecule has 106 valence electrons. The Hall–Kier alpha value is -0.160. The molecular formula is C14H27NO3. The van der Waals surface area contributed by atoms with Crippen LogP contribution in [-0.4, -0.2) is 59.7 Å². The van der Waals surface area contributed by atoms with Crippen LogP contribution in [0.2, 0.25) is 0 Å². The lowest BCUT2D eigenvalue weighted by Crippen LogP contribution is -2.58. The standard InChI is InChI=1S/C14H27NO3/c1-13(2)9-15(10-14(3,4)18-13)7-11-5-6-12(8-16)17-11/h11-12,16H,5-10H2,1-4H3/t11-,12+/m0/s1. The second kappa shape index (κ2) is 5.08. The van der Waals surface area contributed by atoms with Crippen LogP contribution in [0.5, 0.6) is 0 Å². The summed E-state index contributed by atoms with van der Waals surface area (Å²) in [6.07, 6.45) is 2.37. The van der Waals surface area contributed by atoms with E-state index < -0.39 is 0 Å². The van der Waals surface area contributed by atoms with E-state index in [0.29, 0.717) is 0 Å². The van der Waals surface area contributed by atoms with E-state index >= 15 is 0 Å². The molecule has 0 aromatic heterocycles. The largest absolute Gasteiger partial charge is 0.394 e. The summed E-state index contributed by atoms with van der Waals surface area (Å²) in [5.74, 6) is 0. The molecule has 2 saturated heterocycles. The topological polar surface area (TPSA) is 41.9 Å². The van der Waals surface area contributed by atoms with E-state index in [4.69, 9.17) is 14.6 Å². The van der Waals surface area contributed by atoms with E-state index in [1.54, 1.807) is 0 Å². The highest BCUT2D eigenvalue weighted by atomic mass is 16.5. The summed E-state index contributed by atoms with van der Waals surface area (Å²) < 4.78 is 11.9. The molecule has 4 nitrogen and oxygen atoms in total. The molecule has 0 bridgehead atoms. The van der Waals surface area contributed by atoms with Crippen molar-refractivity contribution in [2.45, 2.75) is 63.9 Å². The van der Waals surface area contributed by atoms with Gasteiger partial charge in [0.2, 0.25) is 0 Å². The number of ether oxygens (including phenoxy) is 2. The molecule has 0 spiro atoms. The van der Waals surface area contributed by atoms with E-state index in [-0.39, 0.29) is 30.0 Å². The summed E-state index contributed by atoms with van der Waals surface area (Å²) >= 11 is 0. The molecule has 2 aliphatic rings. The van der Waals surface area contributed by atoms with Gasteiger partial charge in [-0.05, 0) is 40.5 Å². The number of hydrogen-bond acceptors (Lipinski definition) is 4. The zero-order valence-corrected chi connectivity index (χ0v) is 12.1. The van der Waals surface area contributed by atoms with Gasteiger partial charge in [-0.1, -0.05) is 0 Å². The van der Waals surface area contributed by atoms with Gasteiger partial charge in [0, 0.05) is 19.6 Å². The fraction of sp³-hybridized carbons (Fsp3) is 1.00. The van der Waals surface area contributed by atoms with Gasteiger partial charge in [0.1, 0.15) is 0 Å². The summed E-state index contributed by atoms with van der Waals surface area (Å²) in [5, 5.41) is 9.10.